The van der Waals surface area contributed by atoms with Gasteiger partial charge in [-0.2, -0.15) is 13.2 Å². The van der Waals surface area contributed by atoms with Gasteiger partial charge in [0.2, 0.25) is 10.0 Å². The highest BCUT2D eigenvalue weighted by Crippen LogP contribution is 2.34. The summed E-state index contributed by atoms with van der Waals surface area (Å²) < 4.78 is 69.7. The molecule has 0 saturated heterocycles. The summed E-state index contributed by atoms with van der Waals surface area (Å²) in [5.41, 5.74) is -0.366. The zero-order chi connectivity index (χ0) is 23.4. The monoisotopic (exact) mass is 488 g/mol. The van der Waals surface area contributed by atoms with Crippen molar-refractivity contribution in [3.05, 3.63) is 54.1 Å². The lowest BCUT2D eigenvalue weighted by Crippen LogP contribution is -2.38. The fourth-order valence-electron chi connectivity index (χ4n) is 2.93. The third kappa shape index (κ3) is 6.02. The zero-order valence-corrected chi connectivity index (χ0v) is 18.2. The maximum atomic E-state index is 12.8. The van der Waals surface area contributed by atoms with Crippen molar-refractivity contribution >= 4 is 39.3 Å². The van der Waals surface area contributed by atoms with Gasteiger partial charge in [-0.15, -0.1) is 11.8 Å². The van der Waals surface area contributed by atoms with Crippen molar-refractivity contribution in [2.45, 2.75) is 22.4 Å². The quantitative estimate of drug-likeness (QED) is 0.603. The molecule has 0 aromatic heterocycles. The van der Waals surface area contributed by atoms with Crippen molar-refractivity contribution in [1.29, 1.82) is 0 Å². The van der Waals surface area contributed by atoms with Crippen LogP contribution < -0.4 is 9.62 Å². The van der Waals surface area contributed by atoms with E-state index in [-0.39, 0.29) is 0 Å². The Morgan fingerprint density at radius 3 is 2.62 bits per heavy atom. The second-order valence-electron chi connectivity index (χ2n) is 6.70. The van der Waals surface area contributed by atoms with Gasteiger partial charge < -0.3 is 9.64 Å². The van der Waals surface area contributed by atoms with E-state index < -0.39 is 58.1 Å². The van der Waals surface area contributed by atoms with Gasteiger partial charge in [0.05, 0.1) is 22.6 Å². The average Bonchev–Trinajstić information content (AvgIpc) is 2.76. The molecular weight excluding hydrogens is 469 g/mol. The van der Waals surface area contributed by atoms with Gasteiger partial charge in [0.25, 0.3) is 5.91 Å². The Hall–Kier alpha value is -2.57. The minimum atomic E-state index is -4.69. The number of rotatable bonds is 7. The fourth-order valence-corrected chi connectivity index (χ4v) is 5.00. The number of esters is 1. The number of amides is 1. The van der Waals surface area contributed by atoms with Crippen molar-refractivity contribution in [2.75, 3.05) is 30.3 Å². The number of ether oxygens (including phenoxy) is 1. The lowest BCUT2D eigenvalue weighted by atomic mass is 10.2. The lowest BCUT2D eigenvalue weighted by molar-refractivity contribution is -0.147. The average molecular weight is 489 g/mol. The number of carbonyl (C=O) groups is 2. The van der Waals surface area contributed by atoms with Gasteiger partial charge in [0, 0.05) is 23.7 Å². The number of nitrogens with one attached hydrogen (secondary N) is 1. The van der Waals surface area contributed by atoms with Crippen LogP contribution in [0.2, 0.25) is 0 Å². The Morgan fingerprint density at radius 2 is 1.88 bits per heavy atom. The van der Waals surface area contributed by atoms with Crippen LogP contribution in [0, 0.1) is 0 Å². The Balaban J connectivity index is 1.49. The number of carbonyl (C=O) groups excluding carboxylic acids is 2. The molecule has 12 heteroatoms. The number of para-hydroxylation sites is 1. The highest BCUT2D eigenvalue weighted by atomic mass is 32.2. The molecule has 7 nitrogen and oxygen atoms in total. The number of hydrogen-bond donors (Lipinski definition) is 1. The number of thioether (sulfide) groups is 1. The zero-order valence-electron chi connectivity index (χ0n) is 16.6. The molecule has 0 saturated carbocycles. The summed E-state index contributed by atoms with van der Waals surface area (Å²) in [6, 6.07) is 10.6. The van der Waals surface area contributed by atoms with Crippen LogP contribution >= 0.6 is 11.8 Å². The van der Waals surface area contributed by atoms with Crippen molar-refractivity contribution in [1.82, 2.24) is 4.72 Å². The maximum Gasteiger partial charge on any atom is 0.416 e. The van der Waals surface area contributed by atoms with Crippen molar-refractivity contribution < 1.29 is 35.9 Å². The molecule has 1 heterocycles. The molecule has 0 aliphatic carbocycles. The molecule has 0 fully saturated rings. The first kappa shape index (κ1) is 24.1. The van der Waals surface area contributed by atoms with Gasteiger partial charge in [-0.05, 0) is 30.3 Å². The minimum absolute atomic E-state index is 0.391. The number of anilines is 1. The molecule has 0 unspecified atom stereocenters. The predicted octanol–water partition coefficient (Wildman–Crippen LogP) is 3.06. The van der Waals surface area contributed by atoms with Crippen LogP contribution in [0.4, 0.5) is 18.9 Å². The number of halogens is 3. The molecule has 1 amide bonds. The first-order valence-electron chi connectivity index (χ1n) is 9.43. The van der Waals surface area contributed by atoms with E-state index in [1.54, 1.807) is 23.9 Å². The summed E-state index contributed by atoms with van der Waals surface area (Å²) in [6.45, 7) is -0.429. The van der Waals surface area contributed by atoms with Crippen LogP contribution in [-0.4, -0.2) is 45.7 Å². The Kier molecular flexibility index (Phi) is 7.47. The smallest absolute Gasteiger partial charge is 0.416 e. The molecular formula is C20H19F3N2O5S2. The van der Waals surface area contributed by atoms with E-state index in [1.807, 2.05) is 12.1 Å². The van der Waals surface area contributed by atoms with Crippen LogP contribution in [0.15, 0.2) is 58.3 Å². The molecule has 2 aromatic carbocycles. The van der Waals surface area contributed by atoms with Gasteiger partial charge in [-0.1, -0.05) is 18.2 Å². The highest BCUT2D eigenvalue weighted by Gasteiger charge is 2.31. The van der Waals surface area contributed by atoms with E-state index in [4.69, 9.17) is 4.74 Å². The van der Waals surface area contributed by atoms with Crippen LogP contribution in [0.25, 0.3) is 0 Å². The lowest BCUT2D eigenvalue weighted by Gasteiger charge is -2.28. The third-order valence-electron chi connectivity index (χ3n) is 4.48. The first-order chi connectivity index (χ1) is 15.1. The van der Waals surface area contributed by atoms with Crippen LogP contribution in [-0.2, 0) is 30.5 Å². The SMILES string of the molecule is O=C(CCNS(=O)(=O)c1cccc(C(F)(F)F)c1)OCC(=O)N1CCSc2ccccc21. The van der Waals surface area contributed by atoms with Gasteiger partial charge >= 0.3 is 12.1 Å². The largest absolute Gasteiger partial charge is 0.456 e. The molecule has 0 bridgehead atoms. The van der Waals surface area contributed by atoms with E-state index in [1.165, 1.54) is 4.90 Å². The third-order valence-corrected chi connectivity index (χ3v) is 6.98. The second-order valence-corrected chi connectivity index (χ2v) is 9.60. The second kappa shape index (κ2) is 9.92. The summed E-state index contributed by atoms with van der Waals surface area (Å²) in [4.78, 5) is 26.2. The Labute approximate surface area is 187 Å². The van der Waals surface area contributed by atoms with Gasteiger partial charge in [-0.3, -0.25) is 9.59 Å². The number of sulfonamides is 1. The number of alkyl halides is 3. The number of hydrogen-bond acceptors (Lipinski definition) is 6. The first-order valence-corrected chi connectivity index (χ1v) is 11.9. The van der Waals surface area contributed by atoms with Crippen molar-refractivity contribution in [2.24, 2.45) is 0 Å². The van der Waals surface area contributed by atoms with Gasteiger partial charge in [0.15, 0.2) is 6.61 Å². The molecule has 0 radical (unpaired) electrons. The normalized spacial score (nSPS) is 14.0. The summed E-state index contributed by atoms with van der Waals surface area (Å²) in [6.07, 6.45) is -5.08. The number of benzene rings is 2. The number of fused-ring (bicyclic) bond motifs is 1. The van der Waals surface area contributed by atoms with E-state index in [0.717, 1.165) is 28.8 Å². The van der Waals surface area contributed by atoms with Crippen LogP contribution in [0.3, 0.4) is 0 Å². The molecule has 2 aromatic rings. The molecule has 0 atom stereocenters. The van der Waals surface area contributed by atoms with E-state index in [0.29, 0.717) is 18.4 Å². The molecule has 1 aliphatic heterocycles. The Bertz CT molecular complexity index is 1110. The van der Waals surface area contributed by atoms with Gasteiger partial charge in [-0.25, -0.2) is 13.1 Å². The summed E-state index contributed by atoms with van der Waals surface area (Å²) in [7, 11) is -4.26. The van der Waals surface area contributed by atoms with Gasteiger partial charge in [0.1, 0.15) is 0 Å². The molecule has 32 heavy (non-hydrogen) atoms. The summed E-state index contributed by atoms with van der Waals surface area (Å²) in [5, 5.41) is 0. The van der Waals surface area contributed by atoms with Crippen molar-refractivity contribution in [3.8, 4) is 0 Å². The summed E-state index contributed by atoms with van der Waals surface area (Å²) >= 11 is 1.62. The summed E-state index contributed by atoms with van der Waals surface area (Å²) in [5.74, 6) is -0.519. The standard InChI is InChI=1S/C20H19F3N2O5S2/c21-20(22,23)14-4-3-5-15(12-14)32(28,29)24-9-8-19(27)30-13-18(26)25-10-11-31-17-7-2-1-6-16(17)25/h1-7,12,24H,8-11,13H2. The van der Waals surface area contributed by atoms with Crippen LogP contribution in [0.5, 0.6) is 0 Å². The van der Waals surface area contributed by atoms with Crippen molar-refractivity contribution in [3.63, 3.8) is 0 Å². The molecule has 172 valence electrons. The Morgan fingerprint density at radius 1 is 1.12 bits per heavy atom. The minimum Gasteiger partial charge on any atom is -0.456 e. The topological polar surface area (TPSA) is 92.8 Å². The fraction of sp³-hybridized carbons (Fsp3) is 0.300. The van der Waals surface area contributed by atoms with E-state index in [2.05, 4.69) is 4.72 Å². The molecule has 1 N–H and O–H groups in total. The molecule has 3 rings (SSSR count). The predicted molar refractivity (Wildman–Crippen MR) is 112 cm³/mol. The van der Waals surface area contributed by atoms with Crippen LogP contribution in [0.1, 0.15) is 12.0 Å². The number of nitrogens with zero attached hydrogens (tertiary/aromatic N) is 1. The maximum absolute atomic E-state index is 12.8. The molecule has 0 spiro atoms. The van der Waals surface area contributed by atoms with E-state index >= 15 is 0 Å². The van der Waals surface area contributed by atoms with E-state index in [9.17, 15) is 31.2 Å². The molecule has 1 aliphatic rings. The highest BCUT2D eigenvalue weighted by molar-refractivity contribution is 7.99.